The van der Waals surface area contributed by atoms with Crippen LogP contribution in [-0.4, -0.2) is 72.2 Å². The lowest BCUT2D eigenvalue weighted by Gasteiger charge is -2.28. The molecule has 1 atom stereocenters. The van der Waals surface area contributed by atoms with Gasteiger partial charge in [-0.15, -0.1) is 6.42 Å². The number of amides is 2. The SMILES string of the molecule is C#CCN(CC(=O)O)C(=O)C(CN(C)Cc1ccccc1)NC(=O)OCC1c2ccccc2-c2ccccc21. The lowest BCUT2D eigenvalue weighted by Crippen LogP contribution is -2.54. The van der Waals surface area contributed by atoms with Gasteiger partial charge in [-0.25, -0.2) is 4.79 Å². The molecular formula is C31H31N3O5. The van der Waals surface area contributed by atoms with Crippen LogP contribution in [0.2, 0.25) is 0 Å². The summed E-state index contributed by atoms with van der Waals surface area (Å²) in [7, 11) is 1.81. The fourth-order valence-electron chi connectivity index (χ4n) is 4.94. The number of alkyl carbamates (subject to hydrolysis) is 1. The van der Waals surface area contributed by atoms with Crippen molar-refractivity contribution in [3.8, 4) is 23.5 Å². The van der Waals surface area contributed by atoms with Crippen LogP contribution in [0.5, 0.6) is 0 Å². The van der Waals surface area contributed by atoms with Crippen LogP contribution >= 0.6 is 0 Å². The Hall–Kier alpha value is -4.61. The largest absolute Gasteiger partial charge is 0.480 e. The molecule has 8 nitrogen and oxygen atoms in total. The van der Waals surface area contributed by atoms with Crippen molar-refractivity contribution in [1.29, 1.82) is 0 Å². The van der Waals surface area contributed by atoms with Gasteiger partial charge in [0, 0.05) is 19.0 Å². The molecule has 0 saturated carbocycles. The Bertz CT molecular complexity index is 1320. The third-order valence-electron chi connectivity index (χ3n) is 6.64. The average molecular weight is 526 g/mol. The molecule has 0 bridgehead atoms. The summed E-state index contributed by atoms with van der Waals surface area (Å²) in [4.78, 5) is 40.6. The van der Waals surface area contributed by atoms with Gasteiger partial charge in [0.1, 0.15) is 19.2 Å². The van der Waals surface area contributed by atoms with Gasteiger partial charge in [0.2, 0.25) is 5.91 Å². The van der Waals surface area contributed by atoms with Gasteiger partial charge in [-0.05, 0) is 34.9 Å². The van der Waals surface area contributed by atoms with E-state index in [1.54, 1.807) is 0 Å². The van der Waals surface area contributed by atoms with Crippen molar-refractivity contribution in [3.63, 3.8) is 0 Å². The summed E-state index contributed by atoms with van der Waals surface area (Å²) in [6.45, 7) is -0.0435. The predicted octanol–water partition coefficient (Wildman–Crippen LogP) is 3.57. The van der Waals surface area contributed by atoms with Crippen LogP contribution in [0.1, 0.15) is 22.6 Å². The van der Waals surface area contributed by atoms with Crippen molar-refractivity contribution in [3.05, 3.63) is 95.6 Å². The van der Waals surface area contributed by atoms with E-state index < -0.39 is 30.6 Å². The number of nitrogens with one attached hydrogen (secondary N) is 1. The third kappa shape index (κ3) is 6.83. The first-order chi connectivity index (χ1) is 18.9. The van der Waals surface area contributed by atoms with Crippen molar-refractivity contribution in [2.75, 3.05) is 33.3 Å². The molecule has 1 unspecified atom stereocenters. The fraction of sp³-hybridized carbons (Fsp3) is 0.258. The van der Waals surface area contributed by atoms with Crippen molar-refractivity contribution in [2.45, 2.75) is 18.5 Å². The van der Waals surface area contributed by atoms with Gasteiger partial charge in [0.05, 0.1) is 6.54 Å². The molecule has 4 rings (SSSR count). The third-order valence-corrected chi connectivity index (χ3v) is 6.64. The summed E-state index contributed by atoms with van der Waals surface area (Å²) in [6.07, 6.45) is 4.62. The minimum atomic E-state index is -1.20. The number of carboxylic acids is 1. The standard InChI is InChI=1S/C31H31N3O5/c1-3-17-34(20-29(35)36)30(37)28(19-33(2)18-22-11-5-4-6-12-22)32-31(38)39-21-27-25-15-9-7-13-23(25)24-14-8-10-16-26(24)27/h1,4-16,27-28H,17-21H2,2H3,(H,32,38)(H,35,36). The molecule has 3 aromatic rings. The highest BCUT2D eigenvalue weighted by Gasteiger charge is 2.31. The highest BCUT2D eigenvalue weighted by atomic mass is 16.5. The zero-order valence-electron chi connectivity index (χ0n) is 21.7. The average Bonchev–Trinajstić information content (AvgIpc) is 3.25. The van der Waals surface area contributed by atoms with Gasteiger partial charge >= 0.3 is 12.1 Å². The van der Waals surface area contributed by atoms with Gasteiger partial charge < -0.3 is 20.1 Å². The number of nitrogens with zero attached hydrogens (tertiary/aromatic N) is 2. The summed E-state index contributed by atoms with van der Waals surface area (Å²) in [5.41, 5.74) is 5.39. The maximum absolute atomic E-state index is 13.4. The number of hydrogen-bond acceptors (Lipinski definition) is 5. The van der Waals surface area contributed by atoms with Gasteiger partial charge in [-0.3, -0.25) is 14.5 Å². The maximum atomic E-state index is 13.4. The maximum Gasteiger partial charge on any atom is 0.407 e. The molecule has 1 aliphatic rings. The smallest absolute Gasteiger partial charge is 0.407 e. The van der Waals surface area contributed by atoms with Crippen LogP contribution in [-0.2, 0) is 20.9 Å². The number of benzene rings is 3. The van der Waals surface area contributed by atoms with Crippen LogP contribution in [0.4, 0.5) is 4.79 Å². The first kappa shape index (κ1) is 27.4. The van der Waals surface area contributed by atoms with E-state index in [0.717, 1.165) is 32.7 Å². The number of carbonyl (C=O) groups excluding carboxylic acids is 2. The predicted molar refractivity (Wildman–Crippen MR) is 148 cm³/mol. The number of likely N-dealkylation sites (N-methyl/N-ethyl adjacent to an activating group) is 1. The summed E-state index contributed by atoms with van der Waals surface area (Å²) < 4.78 is 5.65. The highest BCUT2D eigenvalue weighted by Crippen LogP contribution is 2.44. The van der Waals surface area contributed by atoms with Crippen LogP contribution < -0.4 is 5.32 Å². The van der Waals surface area contributed by atoms with Crippen LogP contribution in [0, 0.1) is 12.3 Å². The Kier molecular flexibility index (Phi) is 8.97. The Morgan fingerprint density at radius 3 is 2.15 bits per heavy atom. The Labute approximate surface area is 228 Å². The monoisotopic (exact) mass is 525 g/mol. The molecule has 0 spiro atoms. The first-order valence-electron chi connectivity index (χ1n) is 12.7. The van der Waals surface area contributed by atoms with E-state index in [0.29, 0.717) is 6.54 Å². The lowest BCUT2D eigenvalue weighted by molar-refractivity contribution is -0.145. The number of ether oxygens (including phenoxy) is 1. The fourth-order valence-corrected chi connectivity index (χ4v) is 4.94. The molecular weight excluding hydrogens is 494 g/mol. The minimum absolute atomic E-state index is 0.0871. The molecule has 200 valence electrons. The second-order valence-corrected chi connectivity index (χ2v) is 9.50. The molecule has 0 aliphatic heterocycles. The minimum Gasteiger partial charge on any atom is -0.480 e. The van der Waals surface area contributed by atoms with Gasteiger partial charge in [-0.1, -0.05) is 84.8 Å². The number of terminal acetylenes is 1. The second-order valence-electron chi connectivity index (χ2n) is 9.50. The zero-order chi connectivity index (χ0) is 27.8. The van der Waals surface area contributed by atoms with E-state index >= 15 is 0 Å². The van der Waals surface area contributed by atoms with E-state index in [4.69, 9.17) is 11.2 Å². The van der Waals surface area contributed by atoms with E-state index in [9.17, 15) is 19.5 Å². The summed E-state index contributed by atoms with van der Waals surface area (Å²) in [5, 5.41) is 11.9. The number of carboxylic acid groups (broad SMARTS) is 1. The summed E-state index contributed by atoms with van der Waals surface area (Å²) >= 11 is 0. The van der Waals surface area contributed by atoms with Crippen molar-refractivity contribution in [2.24, 2.45) is 0 Å². The van der Waals surface area contributed by atoms with Crippen LogP contribution in [0.3, 0.4) is 0 Å². The molecule has 8 heteroatoms. The first-order valence-corrected chi connectivity index (χ1v) is 12.7. The Morgan fingerprint density at radius 1 is 0.974 bits per heavy atom. The number of hydrogen-bond donors (Lipinski definition) is 2. The molecule has 0 saturated heterocycles. The molecule has 0 fully saturated rings. The van der Waals surface area contributed by atoms with E-state index in [2.05, 4.69) is 11.2 Å². The highest BCUT2D eigenvalue weighted by molar-refractivity contribution is 5.88. The van der Waals surface area contributed by atoms with Crippen LogP contribution in [0.15, 0.2) is 78.9 Å². The molecule has 2 N–H and O–H groups in total. The van der Waals surface area contributed by atoms with E-state index in [-0.39, 0.29) is 25.6 Å². The Morgan fingerprint density at radius 2 is 1.56 bits per heavy atom. The number of carbonyl (C=O) groups is 3. The molecule has 3 aromatic carbocycles. The molecule has 1 aliphatic carbocycles. The second kappa shape index (κ2) is 12.8. The normalized spacial score (nSPS) is 12.6. The Balaban J connectivity index is 1.47. The quantitative estimate of drug-likeness (QED) is 0.372. The summed E-state index contributed by atoms with van der Waals surface area (Å²) in [5.74, 6) is 0.393. The van der Waals surface area contributed by atoms with E-state index in [1.807, 2.05) is 90.8 Å². The van der Waals surface area contributed by atoms with Crippen molar-refractivity contribution in [1.82, 2.24) is 15.1 Å². The topological polar surface area (TPSA) is 99.2 Å². The van der Waals surface area contributed by atoms with Crippen molar-refractivity contribution >= 4 is 18.0 Å². The molecule has 0 aromatic heterocycles. The van der Waals surface area contributed by atoms with Gasteiger partial charge in [0.25, 0.3) is 0 Å². The van der Waals surface area contributed by atoms with Gasteiger partial charge in [0.15, 0.2) is 0 Å². The molecule has 0 radical (unpaired) electrons. The summed E-state index contributed by atoms with van der Waals surface area (Å²) in [6, 6.07) is 24.6. The van der Waals surface area contributed by atoms with Crippen molar-refractivity contribution < 1.29 is 24.2 Å². The molecule has 0 heterocycles. The number of rotatable bonds is 11. The van der Waals surface area contributed by atoms with Gasteiger partial charge in [-0.2, -0.15) is 0 Å². The van der Waals surface area contributed by atoms with E-state index in [1.165, 1.54) is 0 Å². The molecule has 2 amide bonds. The number of fused-ring (bicyclic) bond motifs is 3. The zero-order valence-corrected chi connectivity index (χ0v) is 21.7. The van der Waals surface area contributed by atoms with Crippen LogP contribution in [0.25, 0.3) is 11.1 Å². The number of aliphatic carboxylic acids is 1. The molecule has 39 heavy (non-hydrogen) atoms. The lowest BCUT2D eigenvalue weighted by atomic mass is 9.98.